The van der Waals surface area contributed by atoms with E-state index in [0.717, 1.165) is 40.8 Å². The van der Waals surface area contributed by atoms with Gasteiger partial charge in [-0.2, -0.15) is 0 Å². The van der Waals surface area contributed by atoms with E-state index in [0.29, 0.717) is 11.2 Å². The summed E-state index contributed by atoms with van der Waals surface area (Å²) < 4.78 is 1.99. The van der Waals surface area contributed by atoms with Gasteiger partial charge in [-0.05, 0) is 47.5 Å². The van der Waals surface area contributed by atoms with Gasteiger partial charge in [0.1, 0.15) is 11.2 Å². The van der Waals surface area contributed by atoms with Gasteiger partial charge in [0, 0.05) is 16.6 Å². The molecule has 2 heterocycles. The molecule has 1 aliphatic rings. The molecule has 0 amide bonds. The van der Waals surface area contributed by atoms with Crippen molar-refractivity contribution < 1.29 is 0 Å². The quantitative estimate of drug-likeness (QED) is 0.428. The monoisotopic (exact) mass is 418 g/mol. The van der Waals surface area contributed by atoms with Crippen LogP contribution in [0.25, 0.3) is 10.9 Å². The second kappa shape index (κ2) is 8.40. The number of hydrogen-bond donors (Lipinski definition) is 1. The molecule has 5 rings (SSSR count). The second-order valence-electron chi connectivity index (χ2n) is 7.78. The van der Waals surface area contributed by atoms with Gasteiger partial charge >= 0.3 is 0 Å². The minimum absolute atomic E-state index is 0.311. The number of tetrazole rings is 1. The molecule has 4 aromatic rings. The van der Waals surface area contributed by atoms with Crippen molar-refractivity contribution in [3.8, 4) is 0 Å². The molecule has 0 saturated heterocycles. The van der Waals surface area contributed by atoms with Gasteiger partial charge in [0.05, 0.1) is 11.6 Å². The van der Waals surface area contributed by atoms with E-state index in [-0.39, 0.29) is 6.04 Å². The first-order valence-electron chi connectivity index (χ1n) is 10.4. The maximum absolute atomic E-state index is 6.69. The Morgan fingerprint density at radius 1 is 0.967 bits per heavy atom. The number of halogens is 1. The fourth-order valence-electron chi connectivity index (χ4n) is 4.27. The van der Waals surface area contributed by atoms with Crippen LogP contribution in [0.1, 0.15) is 55.6 Å². The van der Waals surface area contributed by atoms with Crippen molar-refractivity contribution in [2.75, 3.05) is 5.32 Å². The lowest BCUT2D eigenvalue weighted by molar-refractivity contribution is 0.315. The first-order valence-corrected chi connectivity index (χ1v) is 10.8. The molecular weight excluding hydrogens is 396 g/mol. The van der Waals surface area contributed by atoms with E-state index >= 15 is 0 Å². The molecule has 6 nitrogen and oxygen atoms in total. The second-order valence-corrected chi connectivity index (χ2v) is 8.14. The summed E-state index contributed by atoms with van der Waals surface area (Å²) in [5, 5.41) is 17.9. The fourth-order valence-corrected chi connectivity index (χ4v) is 4.52. The van der Waals surface area contributed by atoms with Crippen LogP contribution >= 0.6 is 11.6 Å². The summed E-state index contributed by atoms with van der Waals surface area (Å²) in [4.78, 5) is 4.64. The zero-order valence-corrected chi connectivity index (χ0v) is 17.3. The van der Waals surface area contributed by atoms with Crippen molar-refractivity contribution in [1.82, 2.24) is 25.2 Å². The number of benzene rings is 2. The van der Waals surface area contributed by atoms with Gasteiger partial charge in [0.15, 0.2) is 5.82 Å². The largest absolute Gasteiger partial charge is 0.371 e. The average Bonchev–Trinajstić information content (AvgIpc) is 3.28. The summed E-state index contributed by atoms with van der Waals surface area (Å²) in [5.41, 5.74) is 2.72. The summed E-state index contributed by atoms with van der Waals surface area (Å²) in [6, 6.07) is 20.2. The molecule has 1 saturated carbocycles. The van der Waals surface area contributed by atoms with Gasteiger partial charge in [0.25, 0.3) is 0 Å². The highest BCUT2D eigenvalue weighted by Crippen LogP contribution is 2.35. The van der Waals surface area contributed by atoms with Gasteiger partial charge in [-0.15, -0.1) is 5.10 Å². The Labute approximate surface area is 180 Å². The first kappa shape index (κ1) is 19.0. The minimum Gasteiger partial charge on any atom is -0.371 e. The van der Waals surface area contributed by atoms with E-state index in [2.05, 4.69) is 31.9 Å². The van der Waals surface area contributed by atoms with Gasteiger partial charge < -0.3 is 5.32 Å². The number of nitrogens with one attached hydrogen (secondary N) is 1. The Hall–Kier alpha value is -2.99. The van der Waals surface area contributed by atoms with Crippen LogP contribution in [-0.2, 0) is 0 Å². The number of fused-ring (bicyclic) bond motifs is 1. The van der Waals surface area contributed by atoms with E-state index in [9.17, 15) is 0 Å². The van der Waals surface area contributed by atoms with E-state index in [4.69, 9.17) is 11.6 Å². The van der Waals surface area contributed by atoms with Crippen molar-refractivity contribution in [3.63, 3.8) is 0 Å². The molecule has 1 N–H and O–H groups in total. The zero-order valence-electron chi connectivity index (χ0n) is 16.6. The van der Waals surface area contributed by atoms with Crippen LogP contribution in [0.5, 0.6) is 0 Å². The van der Waals surface area contributed by atoms with Crippen LogP contribution < -0.4 is 5.32 Å². The molecule has 0 spiro atoms. The summed E-state index contributed by atoms with van der Waals surface area (Å²) in [6.45, 7) is 0. The third-order valence-corrected chi connectivity index (χ3v) is 6.10. The number of rotatable bonds is 5. The highest BCUT2D eigenvalue weighted by Gasteiger charge is 2.28. The molecule has 1 aliphatic carbocycles. The van der Waals surface area contributed by atoms with Crippen LogP contribution in [0.4, 0.5) is 5.69 Å². The number of pyridine rings is 1. The highest BCUT2D eigenvalue weighted by molar-refractivity contribution is 6.30. The summed E-state index contributed by atoms with van der Waals surface area (Å²) in [5.74, 6) is 0.768. The number of para-hydroxylation sites is 2. The van der Waals surface area contributed by atoms with E-state index < -0.39 is 0 Å². The standard InChI is InChI=1S/C23H23ClN6/c24-22-19(15-16-9-7-8-14-20(16)26-22)21(25-17-10-3-1-4-11-17)23-27-28-29-30(23)18-12-5-2-6-13-18/h1,3-4,7-11,14-15,18,21,25H,2,5-6,12-13H2. The Balaban J connectivity index is 1.62. The first-order chi connectivity index (χ1) is 14.8. The predicted octanol–water partition coefficient (Wildman–Crippen LogP) is 5.58. The Bertz CT molecular complexity index is 1140. The molecule has 2 aromatic heterocycles. The zero-order chi connectivity index (χ0) is 20.3. The van der Waals surface area contributed by atoms with Gasteiger partial charge in [0.2, 0.25) is 0 Å². The summed E-state index contributed by atoms with van der Waals surface area (Å²) >= 11 is 6.69. The molecule has 1 fully saturated rings. The maximum Gasteiger partial charge on any atom is 0.178 e. The van der Waals surface area contributed by atoms with E-state index in [1.807, 2.05) is 59.3 Å². The molecule has 30 heavy (non-hydrogen) atoms. The van der Waals surface area contributed by atoms with Gasteiger partial charge in [-0.1, -0.05) is 67.3 Å². The lowest BCUT2D eigenvalue weighted by atomic mass is 9.95. The van der Waals surface area contributed by atoms with E-state index in [1.54, 1.807) is 0 Å². The molecule has 152 valence electrons. The van der Waals surface area contributed by atoms with Gasteiger partial charge in [-0.3, -0.25) is 0 Å². The van der Waals surface area contributed by atoms with Crippen molar-refractivity contribution in [2.45, 2.75) is 44.2 Å². The number of hydrogen-bond acceptors (Lipinski definition) is 5. The summed E-state index contributed by atoms with van der Waals surface area (Å²) in [6.07, 6.45) is 5.89. The Morgan fingerprint density at radius 3 is 2.57 bits per heavy atom. The lowest BCUT2D eigenvalue weighted by Crippen LogP contribution is -2.23. The van der Waals surface area contributed by atoms with Crippen LogP contribution in [0, 0.1) is 0 Å². The fraction of sp³-hybridized carbons (Fsp3) is 0.304. The van der Waals surface area contributed by atoms with Crippen LogP contribution in [0.3, 0.4) is 0 Å². The Kier molecular flexibility index (Phi) is 5.32. The van der Waals surface area contributed by atoms with Crippen molar-refractivity contribution in [2.24, 2.45) is 0 Å². The third kappa shape index (κ3) is 3.75. The summed E-state index contributed by atoms with van der Waals surface area (Å²) in [7, 11) is 0. The molecule has 0 radical (unpaired) electrons. The number of aromatic nitrogens is 5. The topological polar surface area (TPSA) is 68.5 Å². The minimum atomic E-state index is -0.311. The van der Waals surface area contributed by atoms with E-state index in [1.165, 1.54) is 19.3 Å². The third-order valence-electron chi connectivity index (χ3n) is 5.80. The number of nitrogens with zero attached hydrogens (tertiary/aromatic N) is 5. The predicted molar refractivity (Wildman–Crippen MR) is 119 cm³/mol. The molecule has 0 aliphatic heterocycles. The smallest absolute Gasteiger partial charge is 0.178 e. The molecule has 0 bridgehead atoms. The lowest BCUT2D eigenvalue weighted by Gasteiger charge is -2.26. The van der Waals surface area contributed by atoms with Crippen LogP contribution in [-0.4, -0.2) is 25.2 Å². The Morgan fingerprint density at radius 2 is 1.73 bits per heavy atom. The molecule has 7 heteroatoms. The van der Waals surface area contributed by atoms with Crippen LogP contribution in [0.15, 0.2) is 60.7 Å². The molecular formula is C23H23ClN6. The molecule has 1 unspecified atom stereocenters. The highest BCUT2D eigenvalue weighted by atomic mass is 35.5. The van der Waals surface area contributed by atoms with Gasteiger partial charge in [-0.25, -0.2) is 9.67 Å². The number of anilines is 1. The molecule has 2 aromatic carbocycles. The van der Waals surface area contributed by atoms with Crippen molar-refractivity contribution in [3.05, 3.63) is 77.2 Å². The van der Waals surface area contributed by atoms with Crippen molar-refractivity contribution in [1.29, 1.82) is 0 Å². The maximum atomic E-state index is 6.69. The SMILES string of the molecule is Clc1nc2ccccc2cc1C(Nc1ccccc1)c1nnnn1C1CCCCC1. The van der Waals surface area contributed by atoms with Crippen molar-refractivity contribution >= 4 is 28.2 Å². The van der Waals surface area contributed by atoms with Crippen LogP contribution in [0.2, 0.25) is 5.15 Å². The normalized spacial score (nSPS) is 15.9. The molecule has 1 atom stereocenters. The average molecular weight is 419 g/mol.